The summed E-state index contributed by atoms with van der Waals surface area (Å²) in [6.07, 6.45) is 4.66. The van der Waals surface area contributed by atoms with E-state index in [0.717, 1.165) is 12.8 Å². The summed E-state index contributed by atoms with van der Waals surface area (Å²) in [5.74, 6) is 0.529. The highest BCUT2D eigenvalue weighted by atomic mass is 79.9. The number of hydrogen-bond donors (Lipinski definition) is 2. The molecule has 0 aliphatic heterocycles. The van der Waals surface area contributed by atoms with Crippen LogP contribution < -0.4 is 5.32 Å². The summed E-state index contributed by atoms with van der Waals surface area (Å²) in [4.78, 5) is 0. The number of rotatable bonds is 4. The summed E-state index contributed by atoms with van der Waals surface area (Å²) in [5, 5.41) is 12.9. The summed E-state index contributed by atoms with van der Waals surface area (Å²) >= 11 is 3.61. The third kappa shape index (κ3) is 3.56. The van der Waals surface area contributed by atoms with Crippen LogP contribution in [0.4, 0.5) is 0 Å². The van der Waals surface area contributed by atoms with Gasteiger partial charge in [0, 0.05) is 23.2 Å². The largest absolute Gasteiger partial charge is 0.396 e. The van der Waals surface area contributed by atoms with Gasteiger partial charge >= 0.3 is 0 Å². The number of halogens is 1. The summed E-state index contributed by atoms with van der Waals surface area (Å²) in [5.41, 5.74) is 1.32. The van der Waals surface area contributed by atoms with E-state index in [4.69, 9.17) is 5.11 Å². The van der Waals surface area contributed by atoms with Crippen molar-refractivity contribution in [2.24, 2.45) is 5.92 Å². The average Bonchev–Trinajstić information content (AvgIpc) is 2.40. The van der Waals surface area contributed by atoms with Gasteiger partial charge in [-0.05, 0) is 50.2 Å². The molecule has 1 saturated carbocycles. The lowest BCUT2D eigenvalue weighted by atomic mass is 9.86. The fraction of sp³-hybridized carbons (Fsp3) is 0.600. The van der Waals surface area contributed by atoms with Crippen LogP contribution in [0.3, 0.4) is 0 Å². The first-order valence-corrected chi connectivity index (χ1v) is 7.61. The van der Waals surface area contributed by atoms with E-state index in [1.807, 2.05) is 6.07 Å². The minimum absolute atomic E-state index is 0.354. The van der Waals surface area contributed by atoms with Gasteiger partial charge < -0.3 is 10.4 Å². The number of hydrogen-bond acceptors (Lipinski definition) is 2. The maximum Gasteiger partial charge on any atom is 0.0459 e. The molecule has 2 N–H and O–H groups in total. The van der Waals surface area contributed by atoms with Crippen molar-refractivity contribution in [2.75, 3.05) is 6.61 Å². The maximum absolute atomic E-state index is 9.15. The second-order valence-electron chi connectivity index (χ2n) is 5.31. The van der Waals surface area contributed by atoms with Crippen molar-refractivity contribution < 1.29 is 5.11 Å². The summed E-state index contributed by atoms with van der Waals surface area (Å²) in [6.45, 7) is 2.57. The molecule has 100 valence electrons. The highest BCUT2D eigenvalue weighted by molar-refractivity contribution is 9.10. The van der Waals surface area contributed by atoms with E-state index in [1.165, 1.54) is 22.9 Å². The highest BCUT2D eigenvalue weighted by Gasteiger charge is 2.22. The minimum Gasteiger partial charge on any atom is -0.396 e. The molecule has 1 aliphatic carbocycles. The zero-order valence-corrected chi connectivity index (χ0v) is 12.5. The van der Waals surface area contributed by atoms with Gasteiger partial charge in [-0.25, -0.2) is 0 Å². The molecule has 18 heavy (non-hydrogen) atoms. The van der Waals surface area contributed by atoms with Crippen LogP contribution in [0.5, 0.6) is 0 Å². The fourth-order valence-electron chi connectivity index (χ4n) is 2.78. The van der Waals surface area contributed by atoms with Crippen LogP contribution in [0.2, 0.25) is 0 Å². The molecule has 0 amide bonds. The second kappa shape index (κ2) is 6.69. The Labute approximate surface area is 118 Å². The van der Waals surface area contributed by atoms with Gasteiger partial charge in [0.15, 0.2) is 0 Å². The van der Waals surface area contributed by atoms with E-state index in [-0.39, 0.29) is 0 Å². The molecule has 0 heterocycles. The number of aliphatic hydroxyl groups is 1. The van der Waals surface area contributed by atoms with Crippen molar-refractivity contribution in [1.82, 2.24) is 5.32 Å². The summed E-state index contributed by atoms with van der Waals surface area (Å²) < 4.78 is 1.18. The summed E-state index contributed by atoms with van der Waals surface area (Å²) in [7, 11) is 0. The predicted molar refractivity (Wildman–Crippen MR) is 78.5 cm³/mol. The Kier molecular flexibility index (Phi) is 5.22. The first kappa shape index (κ1) is 14.0. The predicted octanol–water partition coefficient (Wildman–Crippen LogP) is 3.65. The molecule has 0 spiro atoms. The third-order valence-electron chi connectivity index (χ3n) is 3.96. The molecule has 0 aromatic heterocycles. The van der Waals surface area contributed by atoms with Crippen molar-refractivity contribution in [3.05, 3.63) is 34.3 Å². The lowest BCUT2D eigenvalue weighted by Gasteiger charge is -2.30. The molecule has 0 bridgehead atoms. The molecule has 1 aromatic carbocycles. The number of benzene rings is 1. The van der Waals surface area contributed by atoms with Crippen LogP contribution in [0, 0.1) is 5.92 Å². The summed E-state index contributed by atoms with van der Waals surface area (Å²) in [6, 6.07) is 9.36. The molecular formula is C15H22BrNO. The first-order chi connectivity index (χ1) is 8.70. The van der Waals surface area contributed by atoms with Crippen LogP contribution >= 0.6 is 15.9 Å². The Morgan fingerprint density at radius 2 is 1.94 bits per heavy atom. The van der Waals surface area contributed by atoms with Gasteiger partial charge in [-0.1, -0.05) is 34.1 Å². The zero-order chi connectivity index (χ0) is 13.0. The molecule has 1 unspecified atom stereocenters. The van der Waals surface area contributed by atoms with Gasteiger partial charge in [0.2, 0.25) is 0 Å². The standard InChI is InChI=1S/C15H22BrNO/c1-11(14-4-2-3-5-15(14)16)17-13-8-6-12(10-18)7-9-13/h2-5,11-13,17-18H,6-10H2,1H3. The molecule has 1 aliphatic rings. The topological polar surface area (TPSA) is 32.3 Å². The molecule has 1 fully saturated rings. The monoisotopic (exact) mass is 311 g/mol. The van der Waals surface area contributed by atoms with Crippen LogP contribution in [0.25, 0.3) is 0 Å². The molecule has 2 nitrogen and oxygen atoms in total. The molecule has 1 atom stereocenters. The van der Waals surface area contributed by atoms with Crippen molar-refractivity contribution >= 4 is 15.9 Å². The van der Waals surface area contributed by atoms with E-state index >= 15 is 0 Å². The Morgan fingerprint density at radius 3 is 2.56 bits per heavy atom. The lowest BCUT2D eigenvalue weighted by Crippen LogP contribution is -2.35. The van der Waals surface area contributed by atoms with E-state index in [2.05, 4.69) is 46.4 Å². The SMILES string of the molecule is CC(NC1CCC(CO)CC1)c1ccccc1Br. The van der Waals surface area contributed by atoms with E-state index in [1.54, 1.807) is 0 Å². The first-order valence-electron chi connectivity index (χ1n) is 6.82. The van der Waals surface area contributed by atoms with Crippen molar-refractivity contribution in [3.63, 3.8) is 0 Å². The lowest BCUT2D eigenvalue weighted by molar-refractivity contribution is 0.172. The van der Waals surface area contributed by atoms with E-state index < -0.39 is 0 Å². The normalized spacial score (nSPS) is 25.9. The number of aliphatic hydroxyl groups excluding tert-OH is 1. The fourth-order valence-corrected chi connectivity index (χ4v) is 3.41. The van der Waals surface area contributed by atoms with Gasteiger partial charge in [0.1, 0.15) is 0 Å². The van der Waals surface area contributed by atoms with Gasteiger partial charge in [0.25, 0.3) is 0 Å². The Bertz CT molecular complexity index is 375. The van der Waals surface area contributed by atoms with Gasteiger partial charge in [-0.15, -0.1) is 0 Å². The van der Waals surface area contributed by atoms with E-state index in [9.17, 15) is 0 Å². The molecule has 2 rings (SSSR count). The molecule has 0 saturated heterocycles. The average molecular weight is 312 g/mol. The smallest absolute Gasteiger partial charge is 0.0459 e. The number of nitrogens with one attached hydrogen (secondary N) is 1. The van der Waals surface area contributed by atoms with Gasteiger partial charge in [0.05, 0.1) is 0 Å². The Balaban J connectivity index is 1.89. The maximum atomic E-state index is 9.15. The van der Waals surface area contributed by atoms with Crippen LogP contribution in [0.1, 0.15) is 44.2 Å². The van der Waals surface area contributed by atoms with E-state index in [0.29, 0.717) is 24.6 Å². The van der Waals surface area contributed by atoms with Gasteiger partial charge in [-0.2, -0.15) is 0 Å². The van der Waals surface area contributed by atoms with Gasteiger partial charge in [-0.3, -0.25) is 0 Å². The van der Waals surface area contributed by atoms with Crippen molar-refractivity contribution in [2.45, 2.75) is 44.7 Å². The van der Waals surface area contributed by atoms with Crippen molar-refractivity contribution in [3.8, 4) is 0 Å². The van der Waals surface area contributed by atoms with Crippen LogP contribution in [-0.2, 0) is 0 Å². The van der Waals surface area contributed by atoms with Crippen LogP contribution in [-0.4, -0.2) is 17.8 Å². The zero-order valence-electron chi connectivity index (χ0n) is 10.9. The second-order valence-corrected chi connectivity index (χ2v) is 6.16. The molecule has 0 radical (unpaired) electrons. The van der Waals surface area contributed by atoms with Crippen LogP contribution in [0.15, 0.2) is 28.7 Å². The van der Waals surface area contributed by atoms with Crippen molar-refractivity contribution in [1.29, 1.82) is 0 Å². The Hall–Kier alpha value is -0.380. The molecule has 1 aromatic rings. The molecule has 3 heteroatoms. The minimum atomic E-state index is 0.354. The third-order valence-corrected chi connectivity index (χ3v) is 4.68. The highest BCUT2D eigenvalue weighted by Crippen LogP contribution is 2.28. The Morgan fingerprint density at radius 1 is 1.28 bits per heavy atom. The quantitative estimate of drug-likeness (QED) is 0.889. The molecular weight excluding hydrogens is 290 g/mol.